The Bertz CT molecular complexity index is 1170. The van der Waals surface area contributed by atoms with Crippen LogP contribution in [0.4, 0.5) is 8.78 Å². The van der Waals surface area contributed by atoms with Crippen molar-refractivity contribution < 1.29 is 27.8 Å². The highest BCUT2D eigenvalue weighted by Gasteiger charge is 2.19. The number of methoxy groups -OCH3 is 1. The summed E-state index contributed by atoms with van der Waals surface area (Å²) in [7, 11) is 1.34. The highest BCUT2D eigenvalue weighted by Crippen LogP contribution is 2.30. The number of aromatic amines is 1. The van der Waals surface area contributed by atoms with E-state index in [0.29, 0.717) is 26.2 Å². The molecule has 0 atom stereocenters. The number of hydrogen-bond acceptors (Lipinski definition) is 7. The molecule has 2 heterocycles. The van der Waals surface area contributed by atoms with Gasteiger partial charge in [0.25, 0.3) is 5.56 Å². The van der Waals surface area contributed by atoms with Crippen LogP contribution in [0.15, 0.2) is 23.0 Å². The molecule has 0 aliphatic heterocycles. The van der Waals surface area contributed by atoms with Crippen molar-refractivity contribution in [2.24, 2.45) is 0 Å². The van der Waals surface area contributed by atoms with Crippen LogP contribution in [0.1, 0.15) is 33.5 Å². The van der Waals surface area contributed by atoms with Crippen molar-refractivity contribution in [1.29, 1.82) is 0 Å². The second-order valence-corrected chi connectivity index (χ2v) is 7.03. The number of aryl methyl sites for hydroxylation is 1. The minimum atomic E-state index is -2.96. The molecule has 0 saturated heterocycles. The quantitative estimate of drug-likeness (QED) is 0.557. The van der Waals surface area contributed by atoms with E-state index in [0.717, 1.165) is 11.3 Å². The molecule has 3 aromatic rings. The number of nitrogens with one attached hydrogen (secondary N) is 1. The molecule has 0 fully saturated rings. The molecule has 158 valence electrons. The first-order valence-corrected chi connectivity index (χ1v) is 9.67. The first-order chi connectivity index (χ1) is 14.3. The smallest absolute Gasteiger partial charge is 0.387 e. The van der Waals surface area contributed by atoms with Crippen LogP contribution in [-0.2, 0) is 4.74 Å². The number of carbonyl (C=O) groups is 1. The number of thiophene rings is 1. The first kappa shape index (κ1) is 21.4. The van der Waals surface area contributed by atoms with Gasteiger partial charge in [0.15, 0.2) is 11.5 Å². The Morgan fingerprint density at radius 3 is 2.73 bits per heavy atom. The van der Waals surface area contributed by atoms with Crippen LogP contribution in [0.5, 0.6) is 11.5 Å². The zero-order chi connectivity index (χ0) is 21.8. The van der Waals surface area contributed by atoms with Gasteiger partial charge < -0.3 is 19.2 Å². The number of aromatic nitrogens is 2. The monoisotopic (exact) mass is 436 g/mol. The van der Waals surface area contributed by atoms with Crippen molar-refractivity contribution in [2.45, 2.75) is 20.5 Å². The molecule has 0 radical (unpaired) electrons. The van der Waals surface area contributed by atoms with E-state index in [1.54, 1.807) is 32.1 Å². The molecule has 0 amide bonds. The van der Waals surface area contributed by atoms with Crippen molar-refractivity contribution in [1.82, 2.24) is 9.97 Å². The van der Waals surface area contributed by atoms with E-state index >= 15 is 0 Å². The average molecular weight is 436 g/mol. The van der Waals surface area contributed by atoms with E-state index in [4.69, 9.17) is 9.47 Å². The van der Waals surface area contributed by atoms with Gasteiger partial charge in [-0.3, -0.25) is 4.79 Å². The predicted octanol–water partition coefficient (Wildman–Crippen LogP) is 4.25. The van der Waals surface area contributed by atoms with Gasteiger partial charge in [-0.1, -0.05) is 12.1 Å². The molecule has 10 heteroatoms. The standard InChI is InChI=1S/C20H18F2N2O5S/c1-4-28-19(26)16-10(2)15-17(25)23-14(24-18(15)30-16)8-6-11-5-7-12(29-20(21)22)13(9-11)27-3/h5-9,20H,4H2,1-3H3,(H,23,24,25)/b8-6+. The van der Waals surface area contributed by atoms with Crippen molar-refractivity contribution in [3.8, 4) is 11.5 Å². The lowest BCUT2D eigenvalue weighted by Crippen LogP contribution is -2.10. The third-order valence-corrected chi connectivity index (χ3v) is 5.28. The SMILES string of the molecule is CCOC(=O)c1sc2nc(/C=C/c3ccc(OC(F)F)c(OC)c3)[nH]c(=O)c2c1C. The van der Waals surface area contributed by atoms with Crippen LogP contribution < -0.4 is 15.0 Å². The number of alkyl halides is 2. The van der Waals surface area contributed by atoms with Gasteiger partial charge in [0.1, 0.15) is 15.5 Å². The zero-order valence-electron chi connectivity index (χ0n) is 16.3. The summed E-state index contributed by atoms with van der Waals surface area (Å²) in [6.45, 7) is 0.646. The second kappa shape index (κ2) is 9.04. The lowest BCUT2D eigenvalue weighted by Gasteiger charge is -2.10. The molecule has 3 rings (SSSR count). The van der Waals surface area contributed by atoms with Gasteiger partial charge in [0, 0.05) is 0 Å². The van der Waals surface area contributed by atoms with Crippen molar-refractivity contribution in [3.05, 3.63) is 50.4 Å². The van der Waals surface area contributed by atoms with E-state index in [1.807, 2.05) is 0 Å². The molecule has 2 aromatic heterocycles. The molecule has 0 saturated carbocycles. The highest BCUT2D eigenvalue weighted by atomic mass is 32.1. The number of nitrogens with zero attached hydrogens (tertiary/aromatic N) is 1. The molecular formula is C20H18F2N2O5S. The number of esters is 1. The summed E-state index contributed by atoms with van der Waals surface area (Å²) >= 11 is 1.09. The molecule has 0 unspecified atom stereocenters. The van der Waals surface area contributed by atoms with Crippen molar-refractivity contribution in [3.63, 3.8) is 0 Å². The lowest BCUT2D eigenvalue weighted by atomic mass is 10.2. The summed E-state index contributed by atoms with van der Waals surface area (Å²) in [5.74, 6) is -0.163. The fourth-order valence-electron chi connectivity index (χ4n) is 2.79. The Balaban J connectivity index is 1.93. The second-order valence-electron chi connectivity index (χ2n) is 6.03. The Hall–Kier alpha value is -3.27. The molecule has 0 spiro atoms. The summed E-state index contributed by atoms with van der Waals surface area (Å²) in [4.78, 5) is 32.4. The topological polar surface area (TPSA) is 90.5 Å². The van der Waals surface area contributed by atoms with E-state index < -0.39 is 12.6 Å². The highest BCUT2D eigenvalue weighted by molar-refractivity contribution is 7.20. The third-order valence-electron chi connectivity index (χ3n) is 4.12. The number of rotatable bonds is 7. The van der Waals surface area contributed by atoms with Crippen LogP contribution in [0.2, 0.25) is 0 Å². The maximum Gasteiger partial charge on any atom is 0.387 e. The fraction of sp³-hybridized carbons (Fsp3) is 0.250. The molecule has 7 nitrogen and oxygen atoms in total. The molecule has 1 aromatic carbocycles. The molecule has 30 heavy (non-hydrogen) atoms. The van der Waals surface area contributed by atoms with E-state index in [9.17, 15) is 18.4 Å². The van der Waals surface area contributed by atoms with E-state index in [-0.39, 0.29) is 29.5 Å². The van der Waals surface area contributed by atoms with E-state index in [1.165, 1.54) is 19.2 Å². The van der Waals surface area contributed by atoms with Crippen LogP contribution >= 0.6 is 11.3 Å². The predicted molar refractivity (Wildman–Crippen MR) is 109 cm³/mol. The molecule has 0 bridgehead atoms. The largest absolute Gasteiger partial charge is 0.493 e. The van der Waals surface area contributed by atoms with Crippen LogP contribution in [0, 0.1) is 6.92 Å². The van der Waals surface area contributed by atoms with Gasteiger partial charge in [-0.25, -0.2) is 9.78 Å². The summed E-state index contributed by atoms with van der Waals surface area (Å²) in [6, 6.07) is 4.43. The van der Waals surface area contributed by atoms with Gasteiger partial charge in [-0.2, -0.15) is 8.78 Å². The molecule has 1 N–H and O–H groups in total. The summed E-state index contributed by atoms with van der Waals surface area (Å²) in [5.41, 5.74) is 0.769. The Kier molecular flexibility index (Phi) is 6.46. The minimum Gasteiger partial charge on any atom is -0.493 e. The van der Waals surface area contributed by atoms with Crippen LogP contribution in [0.3, 0.4) is 0 Å². The maximum absolute atomic E-state index is 12.5. The molecule has 0 aliphatic carbocycles. The van der Waals surface area contributed by atoms with Crippen molar-refractivity contribution in [2.75, 3.05) is 13.7 Å². The first-order valence-electron chi connectivity index (χ1n) is 8.85. The normalized spacial score (nSPS) is 11.4. The van der Waals surface area contributed by atoms with Gasteiger partial charge in [0.05, 0.1) is 19.1 Å². The molecular weight excluding hydrogens is 418 g/mol. The number of ether oxygens (including phenoxy) is 3. The summed E-state index contributed by atoms with van der Waals surface area (Å²) < 4.78 is 39.3. The summed E-state index contributed by atoms with van der Waals surface area (Å²) in [5, 5.41) is 0.343. The van der Waals surface area contributed by atoms with Gasteiger partial charge >= 0.3 is 12.6 Å². The van der Waals surface area contributed by atoms with Gasteiger partial charge in [-0.15, -0.1) is 11.3 Å². The van der Waals surface area contributed by atoms with Crippen LogP contribution in [0.25, 0.3) is 22.4 Å². The van der Waals surface area contributed by atoms with Gasteiger partial charge in [-0.05, 0) is 43.2 Å². The van der Waals surface area contributed by atoms with Gasteiger partial charge in [0.2, 0.25) is 0 Å². The number of fused-ring (bicyclic) bond motifs is 1. The Morgan fingerprint density at radius 1 is 1.30 bits per heavy atom. The Morgan fingerprint density at radius 2 is 2.07 bits per heavy atom. The summed E-state index contributed by atoms with van der Waals surface area (Å²) in [6.07, 6.45) is 3.19. The fourth-order valence-corrected chi connectivity index (χ4v) is 3.87. The third kappa shape index (κ3) is 4.48. The van der Waals surface area contributed by atoms with Crippen molar-refractivity contribution >= 4 is 39.7 Å². The number of halogens is 2. The number of H-pyrrole nitrogens is 1. The Labute approximate surface area is 173 Å². The average Bonchev–Trinajstić information content (AvgIpc) is 3.04. The van der Waals surface area contributed by atoms with E-state index in [2.05, 4.69) is 14.7 Å². The molecule has 0 aliphatic rings. The number of carbonyl (C=O) groups excluding carboxylic acids is 1. The van der Waals surface area contributed by atoms with Crippen LogP contribution in [-0.4, -0.2) is 36.3 Å². The minimum absolute atomic E-state index is 0.0850. The number of hydrogen-bond donors (Lipinski definition) is 1. The zero-order valence-corrected chi connectivity index (χ0v) is 17.1. The number of benzene rings is 1. The maximum atomic E-state index is 12.5. The lowest BCUT2D eigenvalue weighted by molar-refractivity contribution is -0.0512.